The fraction of sp³-hybridized carbons (Fsp3) is 0.538. The van der Waals surface area contributed by atoms with Gasteiger partial charge in [-0.15, -0.1) is 0 Å². The zero-order chi connectivity index (χ0) is 11.1. The summed E-state index contributed by atoms with van der Waals surface area (Å²) in [6.45, 7) is 7.09. The smallest absolute Gasteiger partial charge is 0.128 e. The van der Waals surface area contributed by atoms with Gasteiger partial charge >= 0.3 is 0 Å². The Kier molecular flexibility index (Phi) is 2.47. The van der Waals surface area contributed by atoms with Crippen molar-refractivity contribution in [1.29, 1.82) is 0 Å². The van der Waals surface area contributed by atoms with E-state index in [9.17, 15) is 5.11 Å². The van der Waals surface area contributed by atoms with Gasteiger partial charge in [-0.25, -0.2) is 0 Å². The molecule has 0 amide bonds. The average Bonchev–Trinajstić information content (AvgIpc) is 2.16. The Morgan fingerprint density at radius 1 is 1.33 bits per heavy atom. The van der Waals surface area contributed by atoms with Crippen molar-refractivity contribution in [3.63, 3.8) is 0 Å². The molecule has 2 heteroatoms. The Morgan fingerprint density at radius 2 is 2.07 bits per heavy atom. The van der Waals surface area contributed by atoms with Crippen molar-refractivity contribution in [1.82, 2.24) is 0 Å². The van der Waals surface area contributed by atoms with Crippen LogP contribution in [0.25, 0.3) is 0 Å². The summed E-state index contributed by atoms with van der Waals surface area (Å²) in [5.41, 5.74) is 2.18. The van der Waals surface area contributed by atoms with Crippen LogP contribution in [0.2, 0.25) is 0 Å². The monoisotopic (exact) mass is 206 g/mol. The van der Waals surface area contributed by atoms with Crippen LogP contribution in [0.5, 0.6) is 5.75 Å². The first-order valence-electron chi connectivity index (χ1n) is 5.44. The van der Waals surface area contributed by atoms with Gasteiger partial charge in [-0.2, -0.15) is 0 Å². The second-order valence-corrected chi connectivity index (χ2v) is 5.13. The number of rotatable bonds is 0. The summed E-state index contributed by atoms with van der Waals surface area (Å²) in [6, 6.07) is 6.03. The van der Waals surface area contributed by atoms with E-state index in [0.29, 0.717) is 13.0 Å². The summed E-state index contributed by atoms with van der Waals surface area (Å²) in [4.78, 5) is 0. The van der Waals surface area contributed by atoms with E-state index in [4.69, 9.17) is 4.74 Å². The molecule has 0 saturated carbocycles. The Bertz CT molecular complexity index is 363. The summed E-state index contributed by atoms with van der Waals surface area (Å²) in [7, 11) is 0. The standard InChI is InChI=1S/C13H18O2/c1-13(2,3)10-6-4-5-9-11(14)7-8-15-12(9)10/h4-6,11,14H,7-8H2,1-3H3/t11-/m0/s1. The molecule has 82 valence electrons. The fourth-order valence-electron chi connectivity index (χ4n) is 2.00. The summed E-state index contributed by atoms with van der Waals surface area (Å²) in [6.07, 6.45) is 0.330. The van der Waals surface area contributed by atoms with Gasteiger partial charge in [-0.05, 0) is 11.0 Å². The van der Waals surface area contributed by atoms with E-state index >= 15 is 0 Å². The quantitative estimate of drug-likeness (QED) is 0.707. The molecule has 0 unspecified atom stereocenters. The minimum absolute atomic E-state index is 0.0579. The largest absolute Gasteiger partial charge is 0.493 e. The van der Waals surface area contributed by atoms with Crippen LogP contribution >= 0.6 is 0 Å². The van der Waals surface area contributed by atoms with E-state index in [1.807, 2.05) is 12.1 Å². The van der Waals surface area contributed by atoms with E-state index < -0.39 is 0 Å². The minimum atomic E-state index is -0.365. The first-order chi connectivity index (χ1) is 7.00. The maximum absolute atomic E-state index is 9.87. The maximum atomic E-state index is 9.87. The molecule has 1 aromatic carbocycles. The molecule has 2 rings (SSSR count). The molecule has 0 radical (unpaired) electrons. The van der Waals surface area contributed by atoms with Crippen LogP contribution in [0.4, 0.5) is 0 Å². The van der Waals surface area contributed by atoms with Crippen LogP contribution in [0.15, 0.2) is 18.2 Å². The number of hydrogen-bond donors (Lipinski definition) is 1. The number of hydrogen-bond acceptors (Lipinski definition) is 2. The lowest BCUT2D eigenvalue weighted by Gasteiger charge is -2.29. The van der Waals surface area contributed by atoms with Crippen molar-refractivity contribution in [2.75, 3.05) is 6.61 Å². The number of benzene rings is 1. The predicted molar refractivity (Wildman–Crippen MR) is 60.2 cm³/mol. The fourth-order valence-corrected chi connectivity index (χ4v) is 2.00. The van der Waals surface area contributed by atoms with E-state index in [1.54, 1.807) is 0 Å². The zero-order valence-electron chi connectivity index (χ0n) is 9.58. The van der Waals surface area contributed by atoms with Crippen molar-refractivity contribution in [3.05, 3.63) is 29.3 Å². The van der Waals surface area contributed by atoms with Gasteiger partial charge in [0.2, 0.25) is 0 Å². The molecule has 0 spiro atoms. The van der Waals surface area contributed by atoms with E-state index in [0.717, 1.165) is 11.3 Å². The summed E-state index contributed by atoms with van der Waals surface area (Å²) >= 11 is 0. The van der Waals surface area contributed by atoms with Crippen molar-refractivity contribution < 1.29 is 9.84 Å². The van der Waals surface area contributed by atoms with Gasteiger partial charge in [0.25, 0.3) is 0 Å². The SMILES string of the molecule is CC(C)(C)c1cccc2c1OCC[C@@H]2O. The van der Waals surface area contributed by atoms with Gasteiger partial charge < -0.3 is 9.84 Å². The van der Waals surface area contributed by atoms with Crippen molar-refractivity contribution >= 4 is 0 Å². The van der Waals surface area contributed by atoms with E-state index in [-0.39, 0.29) is 11.5 Å². The van der Waals surface area contributed by atoms with E-state index in [2.05, 4.69) is 26.8 Å². The molecule has 1 N–H and O–H groups in total. The number of fused-ring (bicyclic) bond motifs is 1. The number of aliphatic hydroxyl groups excluding tert-OH is 1. The van der Waals surface area contributed by atoms with Crippen molar-refractivity contribution in [2.45, 2.75) is 38.7 Å². The highest BCUT2D eigenvalue weighted by Gasteiger charge is 2.26. The third-order valence-electron chi connectivity index (χ3n) is 2.85. The molecular formula is C13H18O2. The van der Waals surface area contributed by atoms with Crippen LogP contribution in [-0.2, 0) is 5.41 Å². The molecule has 0 fully saturated rings. The number of aliphatic hydroxyl groups is 1. The lowest BCUT2D eigenvalue weighted by Crippen LogP contribution is -2.20. The third-order valence-corrected chi connectivity index (χ3v) is 2.85. The molecule has 0 aromatic heterocycles. The van der Waals surface area contributed by atoms with Crippen LogP contribution in [0.3, 0.4) is 0 Å². The summed E-state index contributed by atoms with van der Waals surface area (Å²) < 4.78 is 5.69. The van der Waals surface area contributed by atoms with E-state index in [1.165, 1.54) is 5.56 Å². The van der Waals surface area contributed by atoms with Gasteiger partial charge in [0.15, 0.2) is 0 Å². The Morgan fingerprint density at radius 3 is 2.73 bits per heavy atom. The topological polar surface area (TPSA) is 29.5 Å². The van der Waals surface area contributed by atoms with Gasteiger partial charge in [0.05, 0.1) is 12.7 Å². The highest BCUT2D eigenvalue weighted by Crippen LogP contribution is 2.39. The molecule has 15 heavy (non-hydrogen) atoms. The molecule has 2 nitrogen and oxygen atoms in total. The normalized spacial score (nSPS) is 20.7. The van der Waals surface area contributed by atoms with Gasteiger partial charge in [-0.3, -0.25) is 0 Å². The molecule has 1 heterocycles. The number of ether oxygens (including phenoxy) is 1. The highest BCUT2D eigenvalue weighted by atomic mass is 16.5. The molecular weight excluding hydrogens is 188 g/mol. The van der Waals surface area contributed by atoms with Gasteiger partial charge in [0, 0.05) is 12.0 Å². The van der Waals surface area contributed by atoms with Crippen LogP contribution in [-0.4, -0.2) is 11.7 Å². The predicted octanol–water partition coefficient (Wildman–Crippen LogP) is 2.80. The van der Waals surface area contributed by atoms with Crippen LogP contribution < -0.4 is 4.74 Å². The summed E-state index contributed by atoms with van der Waals surface area (Å²) in [5, 5.41) is 9.87. The van der Waals surface area contributed by atoms with Crippen LogP contribution in [0, 0.1) is 0 Å². The molecule has 0 bridgehead atoms. The van der Waals surface area contributed by atoms with Crippen LogP contribution in [0.1, 0.15) is 44.4 Å². The first-order valence-corrected chi connectivity index (χ1v) is 5.44. The van der Waals surface area contributed by atoms with Gasteiger partial charge in [-0.1, -0.05) is 39.0 Å². The maximum Gasteiger partial charge on any atom is 0.128 e. The first kappa shape index (κ1) is 10.5. The second kappa shape index (κ2) is 3.53. The molecule has 1 atom stereocenters. The molecule has 0 saturated heterocycles. The minimum Gasteiger partial charge on any atom is -0.493 e. The molecule has 0 aliphatic carbocycles. The Labute approximate surface area is 90.9 Å². The van der Waals surface area contributed by atoms with Crippen molar-refractivity contribution in [3.8, 4) is 5.75 Å². The zero-order valence-corrected chi connectivity index (χ0v) is 9.58. The molecule has 1 aromatic rings. The summed E-state index contributed by atoms with van der Waals surface area (Å²) in [5.74, 6) is 0.892. The molecule has 1 aliphatic rings. The lowest BCUT2D eigenvalue weighted by atomic mass is 9.84. The average molecular weight is 206 g/mol. The lowest BCUT2D eigenvalue weighted by molar-refractivity contribution is 0.114. The number of para-hydroxylation sites is 1. The molecule has 1 aliphatic heterocycles. The van der Waals surface area contributed by atoms with Crippen molar-refractivity contribution in [2.24, 2.45) is 0 Å². The second-order valence-electron chi connectivity index (χ2n) is 5.13. The highest BCUT2D eigenvalue weighted by molar-refractivity contribution is 5.47. The Balaban J connectivity index is 2.54. The Hall–Kier alpha value is -1.02. The van der Waals surface area contributed by atoms with Gasteiger partial charge in [0.1, 0.15) is 5.75 Å². The third kappa shape index (κ3) is 1.86.